The predicted molar refractivity (Wildman–Crippen MR) is 119 cm³/mol. The van der Waals surface area contributed by atoms with Crippen LogP contribution in [-0.4, -0.2) is 10.9 Å². The second-order valence-electron chi connectivity index (χ2n) is 6.86. The smallest absolute Gasteiger partial charge is 0.256 e. The van der Waals surface area contributed by atoms with Crippen molar-refractivity contribution in [1.29, 1.82) is 0 Å². The van der Waals surface area contributed by atoms with E-state index in [0.29, 0.717) is 5.56 Å². The van der Waals surface area contributed by atoms with Gasteiger partial charge in [-0.2, -0.15) is 0 Å². The minimum atomic E-state index is -0.137. The van der Waals surface area contributed by atoms with Crippen LogP contribution >= 0.6 is 15.9 Å². The average molecular weight is 431 g/mol. The van der Waals surface area contributed by atoms with Gasteiger partial charge >= 0.3 is 0 Å². The monoisotopic (exact) mass is 430 g/mol. The van der Waals surface area contributed by atoms with Crippen LogP contribution in [0.5, 0.6) is 0 Å². The van der Waals surface area contributed by atoms with E-state index >= 15 is 0 Å². The number of amides is 1. The summed E-state index contributed by atoms with van der Waals surface area (Å²) in [7, 11) is 0. The molecule has 0 aliphatic rings. The molecule has 1 heterocycles. The van der Waals surface area contributed by atoms with Crippen LogP contribution in [0.2, 0.25) is 0 Å². The lowest BCUT2D eigenvalue weighted by Gasteiger charge is -2.12. The topological polar surface area (TPSA) is 42.0 Å². The SMILES string of the molecule is Cc1cccc(NC(=O)c2cc(-c3ccc(Br)cc3)nc3c(C)cccc23)c1. The number of fused-ring (bicyclic) bond motifs is 1. The summed E-state index contributed by atoms with van der Waals surface area (Å²) in [6, 6.07) is 23.6. The lowest BCUT2D eigenvalue weighted by atomic mass is 10.0. The highest BCUT2D eigenvalue weighted by atomic mass is 79.9. The third-order valence-electron chi connectivity index (χ3n) is 4.70. The number of aromatic nitrogens is 1. The molecule has 0 aliphatic heterocycles. The number of para-hydroxylation sites is 1. The van der Waals surface area contributed by atoms with E-state index in [1.54, 1.807) is 0 Å². The molecule has 4 aromatic rings. The molecule has 4 heteroatoms. The highest BCUT2D eigenvalue weighted by Crippen LogP contribution is 2.28. The molecule has 0 atom stereocenters. The molecular formula is C24H19BrN2O. The van der Waals surface area contributed by atoms with Crippen LogP contribution < -0.4 is 5.32 Å². The Kier molecular flexibility index (Phi) is 4.97. The second-order valence-corrected chi connectivity index (χ2v) is 7.77. The lowest BCUT2D eigenvalue weighted by molar-refractivity contribution is 0.102. The first-order chi connectivity index (χ1) is 13.5. The maximum atomic E-state index is 13.1. The maximum Gasteiger partial charge on any atom is 0.256 e. The first kappa shape index (κ1) is 18.4. The minimum absolute atomic E-state index is 0.137. The van der Waals surface area contributed by atoms with Gasteiger partial charge in [-0.25, -0.2) is 4.98 Å². The lowest BCUT2D eigenvalue weighted by Crippen LogP contribution is -2.13. The number of rotatable bonds is 3. The molecule has 0 radical (unpaired) electrons. The number of pyridine rings is 1. The Balaban J connectivity index is 1.85. The van der Waals surface area contributed by atoms with Crippen LogP contribution in [0, 0.1) is 13.8 Å². The minimum Gasteiger partial charge on any atom is -0.322 e. The number of nitrogens with zero attached hydrogens (tertiary/aromatic N) is 1. The van der Waals surface area contributed by atoms with E-state index in [4.69, 9.17) is 4.98 Å². The van der Waals surface area contributed by atoms with Crippen molar-refractivity contribution >= 4 is 38.4 Å². The molecular weight excluding hydrogens is 412 g/mol. The summed E-state index contributed by atoms with van der Waals surface area (Å²) in [6.07, 6.45) is 0. The number of anilines is 1. The Labute approximate surface area is 172 Å². The van der Waals surface area contributed by atoms with Gasteiger partial charge in [0, 0.05) is 21.1 Å². The van der Waals surface area contributed by atoms with Gasteiger partial charge in [0.05, 0.1) is 16.8 Å². The van der Waals surface area contributed by atoms with Crippen molar-refractivity contribution in [3.8, 4) is 11.3 Å². The third kappa shape index (κ3) is 3.69. The van der Waals surface area contributed by atoms with Crippen LogP contribution in [-0.2, 0) is 0 Å². The van der Waals surface area contributed by atoms with Gasteiger partial charge in [0.25, 0.3) is 5.91 Å². The Morgan fingerprint density at radius 2 is 1.68 bits per heavy atom. The van der Waals surface area contributed by atoms with E-state index in [9.17, 15) is 4.79 Å². The summed E-state index contributed by atoms with van der Waals surface area (Å²) < 4.78 is 1.01. The molecule has 3 nitrogen and oxygen atoms in total. The summed E-state index contributed by atoms with van der Waals surface area (Å²) >= 11 is 3.47. The molecule has 1 aromatic heterocycles. The number of aryl methyl sites for hydroxylation is 2. The first-order valence-corrected chi connectivity index (χ1v) is 9.85. The molecule has 28 heavy (non-hydrogen) atoms. The summed E-state index contributed by atoms with van der Waals surface area (Å²) in [5.74, 6) is -0.137. The number of hydrogen-bond acceptors (Lipinski definition) is 2. The molecule has 1 N–H and O–H groups in total. The van der Waals surface area contributed by atoms with Gasteiger partial charge in [0.2, 0.25) is 0 Å². The number of carbonyl (C=O) groups is 1. The zero-order valence-electron chi connectivity index (χ0n) is 15.7. The van der Waals surface area contributed by atoms with Crippen LogP contribution in [0.1, 0.15) is 21.5 Å². The van der Waals surface area contributed by atoms with E-state index < -0.39 is 0 Å². The summed E-state index contributed by atoms with van der Waals surface area (Å²) in [5, 5.41) is 3.88. The molecule has 0 unspecified atom stereocenters. The van der Waals surface area contributed by atoms with Crippen molar-refractivity contribution in [2.45, 2.75) is 13.8 Å². The fourth-order valence-electron chi connectivity index (χ4n) is 3.27. The van der Waals surface area contributed by atoms with Gasteiger partial charge in [0.15, 0.2) is 0 Å². The van der Waals surface area contributed by atoms with Gasteiger partial charge < -0.3 is 5.32 Å². The zero-order chi connectivity index (χ0) is 19.7. The highest BCUT2D eigenvalue weighted by molar-refractivity contribution is 9.10. The number of nitrogens with one attached hydrogen (secondary N) is 1. The Bertz CT molecular complexity index is 1180. The van der Waals surface area contributed by atoms with Gasteiger partial charge in [0.1, 0.15) is 0 Å². The van der Waals surface area contributed by atoms with Gasteiger partial charge in [-0.3, -0.25) is 4.79 Å². The van der Waals surface area contributed by atoms with Crippen LogP contribution in [0.25, 0.3) is 22.2 Å². The van der Waals surface area contributed by atoms with Crippen molar-refractivity contribution in [2.75, 3.05) is 5.32 Å². The predicted octanol–water partition coefficient (Wildman–Crippen LogP) is 6.53. The normalized spacial score (nSPS) is 10.8. The summed E-state index contributed by atoms with van der Waals surface area (Å²) in [6.45, 7) is 4.02. The van der Waals surface area contributed by atoms with Crippen molar-refractivity contribution in [3.05, 3.63) is 94.0 Å². The van der Waals surface area contributed by atoms with Crippen LogP contribution in [0.4, 0.5) is 5.69 Å². The van der Waals surface area contributed by atoms with Crippen LogP contribution in [0.15, 0.2) is 77.3 Å². The number of carbonyl (C=O) groups excluding carboxylic acids is 1. The van der Waals surface area contributed by atoms with Crippen molar-refractivity contribution in [1.82, 2.24) is 4.98 Å². The molecule has 1 amide bonds. The van der Waals surface area contributed by atoms with E-state index in [0.717, 1.165) is 43.4 Å². The summed E-state index contributed by atoms with van der Waals surface area (Å²) in [4.78, 5) is 18.0. The van der Waals surface area contributed by atoms with Gasteiger partial charge in [-0.05, 0) is 55.3 Å². The fraction of sp³-hybridized carbons (Fsp3) is 0.0833. The van der Waals surface area contributed by atoms with Crippen molar-refractivity contribution in [2.24, 2.45) is 0 Å². The maximum absolute atomic E-state index is 13.1. The molecule has 0 fully saturated rings. The molecule has 0 saturated heterocycles. The molecule has 0 saturated carbocycles. The number of benzene rings is 3. The average Bonchev–Trinajstić information content (AvgIpc) is 2.68. The molecule has 4 rings (SSSR count). The second kappa shape index (κ2) is 7.56. The van der Waals surface area contributed by atoms with Crippen molar-refractivity contribution < 1.29 is 4.79 Å². The first-order valence-electron chi connectivity index (χ1n) is 9.05. The molecule has 0 aliphatic carbocycles. The molecule has 0 bridgehead atoms. The van der Waals surface area contributed by atoms with Crippen molar-refractivity contribution in [3.63, 3.8) is 0 Å². The van der Waals surface area contributed by atoms with E-state index in [-0.39, 0.29) is 5.91 Å². The number of hydrogen-bond donors (Lipinski definition) is 1. The molecule has 0 spiro atoms. The third-order valence-corrected chi connectivity index (χ3v) is 5.23. The van der Waals surface area contributed by atoms with Crippen LogP contribution in [0.3, 0.4) is 0 Å². The standard InChI is InChI=1S/C24H19BrN2O/c1-15-5-3-7-19(13-15)26-24(28)21-14-22(17-9-11-18(25)12-10-17)27-23-16(2)6-4-8-20(21)23/h3-14H,1-2H3,(H,26,28). The quantitative estimate of drug-likeness (QED) is 0.401. The Hall–Kier alpha value is -2.98. The van der Waals surface area contributed by atoms with E-state index in [1.165, 1.54) is 0 Å². The highest BCUT2D eigenvalue weighted by Gasteiger charge is 2.15. The van der Waals surface area contributed by atoms with Gasteiger partial charge in [-0.15, -0.1) is 0 Å². The molecule has 3 aromatic carbocycles. The Morgan fingerprint density at radius 1 is 0.929 bits per heavy atom. The zero-order valence-corrected chi connectivity index (χ0v) is 17.2. The van der Waals surface area contributed by atoms with E-state index in [2.05, 4.69) is 21.2 Å². The summed E-state index contributed by atoms with van der Waals surface area (Å²) in [5.41, 5.74) is 6.14. The Morgan fingerprint density at radius 3 is 2.43 bits per heavy atom. The largest absolute Gasteiger partial charge is 0.322 e. The fourth-order valence-corrected chi connectivity index (χ4v) is 3.53. The molecule has 138 valence electrons. The van der Waals surface area contributed by atoms with Gasteiger partial charge in [-0.1, -0.05) is 58.4 Å². The number of halogens is 1. The van der Waals surface area contributed by atoms with E-state index in [1.807, 2.05) is 86.6 Å².